The summed E-state index contributed by atoms with van der Waals surface area (Å²) < 4.78 is 13.3. The molecule has 16 heavy (non-hydrogen) atoms. The molecule has 0 radical (unpaired) electrons. The highest BCUT2D eigenvalue weighted by molar-refractivity contribution is 5.94. The van der Waals surface area contributed by atoms with Crippen molar-refractivity contribution in [2.45, 2.75) is 19.9 Å². The maximum absolute atomic E-state index is 13.3. The Morgan fingerprint density at radius 1 is 1.56 bits per heavy atom. The van der Waals surface area contributed by atoms with Gasteiger partial charge in [-0.3, -0.25) is 4.79 Å². The fraction of sp³-hybridized carbons (Fsp3) is 0.417. The van der Waals surface area contributed by atoms with E-state index in [4.69, 9.17) is 5.73 Å². The third-order valence-electron chi connectivity index (χ3n) is 2.33. The van der Waals surface area contributed by atoms with Gasteiger partial charge in [-0.05, 0) is 31.5 Å². The van der Waals surface area contributed by atoms with Gasteiger partial charge in [-0.15, -0.1) is 0 Å². The third-order valence-corrected chi connectivity index (χ3v) is 2.33. The summed E-state index contributed by atoms with van der Waals surface area (Å²) in [5.74, 6) is -0.573. The van der Waals surface area contributed by atoms with Crippen LogP contribution < -0.4 is 5.73 Å². The summed E-state index contributed by atoms with van der Waals surface area (Å²) in [4.78, 5) is 13.3. The van der Waals surface area contributed by atoms with Gasteiger partial charge in [0.25, 0.3) is 5.91 Å². The minimum absolute atomic E-state index is 0.0933. The van der Waals surface area contributed by atoms with Crippen molar-refractivity contribution in [1.29, 1.82) is 0 Å². The lowest BCUT2D eigenvalue weighted by Crippen LogP contribution is -2.37. The Balaban J connectivity index is 2.84. The van der Waals surface area contributed by atoms with Gasteiger partial charge in [-0.1, -0.05) is 6.07 Å². The van der Waals surface area contributed by atoms with E-state index >= 15 is 0 Å². The van der Waals surface area contributed by atoms with Crippen molar-refractivity contribution in [2.75, 3.05) is 13.6 Å². The van der Waals surface area contributed by atoms with Gasteiger partial charge in [-0.2, -0.15) is 0 Å². The lowest BCUT2D eigenvalue weighted by molar-refractivity contribution is 0.0788. The van der Waals surface area contributed by atoms with E-state index in [1.807, 2.05) is 6.92 Å². The number of nitrogens with zero attached hydrogens (tertiary/aromatic N) is 1. The molecule has 1 amide bonds. The summed E-state index contributed by atoms with van der Waals surface area (Å²) in [5.41, 5.74) is 6.48. The van der Waals surface area contributed by atoms with Gasteiger partial charge in [0.2, 0.25) is 0 Å². The molecule has 2 N–H and O–H groups in total. The zero-order chi connectivity index (χ0) is 12.3. The molecule has 0 spiro atoms. The summed E-state index contributed by atoms with van der Waals surface area (Å²) >= 11 is 0. The molecule has 1 rings (SSSR count). The second-order valence-electron chi connectivity index (χ2n) is 4.13. The average molecular weight is 224 g/mol. The number of carbonyl (C=O) groups excluding carboxylic acids is 1. The molecule has 0 aliphatic rings. The van der Waals surface area contributed by atoms with Gasteiger partial charge in [-0.25, -0.2) is 4.39 Å². The summed E-state index contributed by atoms with van der Waals surface area (Å²) in [6.07, 6.45) is 0. The van der Waals surface area contributed by atoms with Crippen LogP contribution in [0.25, 0.3) is 0 Å². The highest BCUT2D eigenvalue weighted by Crippen LogP contribution is 2.11. The van der Waals surface area contributed by atoms with Gasteiger partial charge >= 0.3 is 0 Å². The molecule has 1 aromatic carbocycles. The molecule has 4 heteroatoms. The average Bonchev–Trinajstić information content (AvgIpc) is 2.20. The van der Waals surface area contributed by atoms with Crippen LogP contribution in [-0.2, 0) is 0 Å². The number of halogens is 1. The first-order valence-corrected chi connectivity index (χ1v) is 5.19. The fourth-order valence-corrected chi connectivity index (χ4v) is 1.46. The van der Waals surface area contributed by atoms with E-state index in [9.17, 15) is 9.18 Å². The van der Waals surface area contributed by atoms with E-state index in [-0.39, 0.29) is 17.8 Å². The van der Waals surface area contributed by atoms with E-state index in [2.05, 4.69) is 0 Å². The highest BCUT2D eigenvalue weighted by Gasteiger charge is 2.13. The molecular formula is C12H17FN2O. The van der Waals surface area contributed by atoms with Crippen molar-refractivity contribution in [1.82, 2.24) is 4.90 Å². The zero-order valence-corrected chi connectivity index (χ0v) is 9.83. The van der Waals surface area contributed by atoms with E-state index in [1.54, 1.807) is 26.1 Å². The number of hydrogen-bond donors (Lipinski definition) is 1. The van der Waals surface area contributed by atoms with Gasteiger partial charge in [0, 0.05) is 25.2 Å². The van der Waals surface area contributed by atoms with Crippen LogP contribution in [0.2, 0.25) is 0 Å². The van der Waals surface area contributed by atoms with Crippen LogP contribution in [0.1, 0.15) is 22.8 Å². The second kappa shape index (κ2) is 5.07. The first-order valence-electron chi connectivity index (χ1n) is 5.19. The number of nitrogens with two attached hydrogens (primary N) is 1. The zero-order valence-electron chi connectivity index (χ0n) is 9.83. The van der Waals surface area contributed by atoms with Gasteiger partial charge in [0.1, 0.15) is 5.82 Å². The molecule has 1 unspecified atom stereocenters. The summed E-state index contributed by atoms with van der Waals surface area (Å²) in [7, 11) is 1.66. The van der Waals surface area contributed by atoms with Gasteiger partial charge < -0.3 is 10.6 Å². The fourth-order valence-electron chi connectivity index (χ4n) is 1.46. The number of hydrogen-bond acceptors (Lipinski definition) is 2. The number of amides is 1. The van der Waals surface area contributed by atoms with Crippen molar-refractivity contribution in [3.8, 4) is 0 Å². The normalized spacial score (nSPS) is 12.3. The summed E-state index contributed by atoms with van der Waals surface area (Å²) in [6.45, 7) is 3.93. The largest absolute Gasteiger partial charge is 0.340 e. The number of likely N-dealkylation sites (N-methyl/N-ethyl adjacent to an activating group) is 1. The topological polar surface area (TPSA) is 46.3 Å². The SMILES string of the molecule is Cc1ccc(C(=O)N(C)CC(C)N)cc1F. The van der Waals surface area contributed by atoms with Crippen LogP contribution in [-0.4, -0.2) is 30.4 Å². The lowest BCUT2D eigenvalue weighted by atomic mass is 10.1. The predicted octanol–water partition coefficient (Wildman–Crippen LogP) is 1.55. The standard InChI is InChI=1S/C12H17FN2O/c1-8-4-5-10(6-11(8)13)12(16)15(3)7-9(2)14/h4-6,9H,7,14H2,1-3H3. The Kier molecular flexibility index (Phi) is 4.01. The molecule has 0 saturated carbocycles. The maximum atomic E-state index is 13.3. The van der Waals surface area contributed by atoms with Crippen LogP contribution in [0.4, 0.5) is 4.39 Å². The molecule has 1 aromatic rings. The number of benzene rings is 1. The summed E-state index contributed by atoms with van der Waals surface area (Å²) in [5, 5.41) is 0. The van der Waals surface area contributed by atoms with Crippen molar-refractivity contribution in [2.24, 2.45) is 5.73 Å². The first-order chi connectivity index (χ1) is 7.41. The molecule has 0 heterocycles. The van der Waals surface area contributed by atoms with Crippen LogP contribution in [0.3, 0.4) is 0 Å². The Hall–Kier alpha value is -1.42. The number of carbonyl (C=O) groups is 1. The molecule has 0 aliphatic carbocycles. The van der Waals surface area contributed by atoms with E-state index in [0.717, 1.165) is 0 Å². The van der Waals surface area contributed by atoms with E-state index in [0.29, 0.717) is 17.7 Å². The minimum Gasteiger partial charge on any atom is -0.340 e. The third kappa shape index (κ3) is 3.03. The quantitative estimate of drug-likeness (QED) is 0.846. The second-order valence-corrected chi connectivity index (χ2v) is 4.13. The van der Waals surface area contributed by atoms with Crippen LogP contribution in [0.5, 0.6) is 0 Å². The molecular weight excluding hydrogens is 207 g/mol. The van der Waals surface area contributed by atoms with Crippen molar-refractivity contribution < 1.29 is 9.18 Å². The Morgan fingerprint density at radius 3 is 2.69 bits per heavy atom. The highest BCUT2D eigenvalue weighted by atomic mass is 19.1. The smallest absolute Gasteiger partial charge is 0.253 e. The van der Waals surface area contributed by atoms with Crippen LogP contribution in [0.15, 0.2) is 18.2 Å². The van der Waals surface area contributed by atoms with Crippen LogP contribution >= 0.6 is 0 Å². The monoisotopic (exact) mass is 224 g/mol. The van der Waals surface area contributed by atoms with E-state index in [1.165, 1.54) is 11.0 Å². The molecule has 0 saturated heterocycles. The van der Waals surface area contributed by atoms with Gasteiger partial charge in [0.15, 0.2) is 0 Å². The van der Waals surface area contributed by atoms with Crippen molar-refractivity contribution >= 4 is 5.91 Å². The lowest BCUT2D eigenvalue weighted by Gasteiger charge is -2.19. The summed E-state index contributed by atoms with van der Waals surface area (Å²) in [6, 6.07) is 4.39. The Bertz CT molecular complexity index is 391. The molecule has 0 bridgehead atoms. The Morgan fingerprint density at radius 2 is 2.19 bits per heavy atom. The van der Waals surface area contributed by atoms with Crippen LogP contribution in [0, 0.1) is 12.7 Å². The maximum Gasteiger partial charge on any atom is 0.253 e. The molecule has 0 aliphatic heterocycles. The van der Waals surface area contributed by atoms with Crippen molar-refractivity contribution in [3.63, 3.8) is 0 Å². The molecule has 0 fully saturated rings. The van der Waals surface area contributed by atoms with Crippen molar-refractivity contribution in [3.05, 3.63) is 35.1 Å². The van der Waals surface area contributed by atoms with Gasteiger partial charge in [0.05, 0.1) is 0 Å². The Labute approximate surface area is 95.0 Å². The molecule has 88 valence electrons. The molecule has 0 aromatic heterocycles. The molecule has 1 atom stereocenters. The predicted molar refractivity (Wildman–Crippen MR) is 61.7 cm³/mol. The number of rotatable bonds is 3. The minimum atomic E-state index is -0.361. The molecule has 3 nitrogen and oxygen atoms in total. The van der Waals surface area contributed by atoms with E-state index < -0.39 is 0 Å². The number of aryl methyl sites for hydroxylation is 1. The first kappa shape index (κ1) is 12.6.